The molecule has 16 heavy (non-hydrogen) atoms. The molecule has 0 bridgehead atoms. The molecular formula is C14H21NO. The average Bonchev–Trinajstić information content (AvgIpc) is 2.29. The molecule has 1 aliphatic rings. The van der Waals surface area contributed by atoms with E-state index in [4.69, 9.17) is 4.74 Å². The second kappa shape index (κ2) is 4.46. The Morgan fingerprint density at radius 3 is 2.31 bits per heavy atom. The van der Waals surface area contributed by atoms with Gasteiger partial charge in [0, 0.05) is 18.8 Å². The van der Waals surface area contributed by atoms with E-state index in [0.717, 1.165) is 26.3 Å². The van der Waals surface area contributed by atoms with Crippen LogP contribution >= 0.6 is 0 Å². The van der Waals surface area contributed by atoms with Crippen molar-refractivity contribution in [2.24, 2.45) is 0 Å². The number of anilines is 1. The molecule has 2 heteroatoms. The van der Waals surface area contributed by atoms with Gasteiger partial charge in [-0.2, -0.15) is 0 Å². The lowest BCUT2D eigenvalue weighted by Gasteiger charge is -2.33. The molecule has 0 radical (unpaired) electrons. The largest absolute Gasteiger partial charge is 0.378 e. The lowest BCUT2D eigenvalue weighted by molar-refractivity contribution is 0.122. The van der Waals surface area contributed by atoms with Crippen molar-refractivity contribution in [1.29, 1.82) is 0 Å². The maximum absolute atomic E-state index is 5.41. The summed E-state index contributed by atoms with van der Waals surface area (Å²) in [5.74, 6) is 0. The van der Waals surface area contributed by atoms with Gasteiger partial charge in [-0.3, -0.25) is 0 Å². The molecule has 2 rings (SSSR count). The molecule has 0 spiro atoms. The smallest absolute Gasteiger partial charge is 0.0642 e. The van der Waals surface area contributed by atoms with Crippen LogP contribution in [0.15, 0.2) is 24.3 Å². The molecule has 1 aliphatic heterocycles. The summed E-state index contributed by atoms with van der Waals surface area (Å²) in [4.78, 5) is 2.43. The van der Waals surface area contributed by atoms with Gasteiger partial charge in [0.05, 0.1) is 13.2 Å². The number of para-hydroxylation sites is 1. The molecule has 1 fully saturated rings. The number of hydrogen-bond donors (Lipinski definition) is 0. The van der Waals surface area contributed by atoms with Gasteiger partial charge in [0.15, 0.2) is 0 Å². The fourth-order valence-electron chi connectivity index (χ4n) is 2.19. The quantitative estimate of drug-likeness (QED) is 0.720. The topological polar surface area (TPSA) is 12.5 Å². The highest BCUT2D eigenvalue weighted by Gasteiger charge is 2.21. The van der Waals surface area contributed by atoms with Gasteiger partial charge in [0.2, 0.25) is 0 Å². The van der Waals surface area contributed by atoms with E-state index < -0.39 is 0 Å². The molecular weight excluding hydrogens is 198 g/mol. The maximum atomic E-state index is 5.41. The van der Waals surface area contributed by atoms with Crippen LogP contribution in [0.25, 0.3) is 0 Å². The number of ether oxygens (including phenoxy) is 1. The Hall–Kier alpha value is -1.02. The molecule has 0 aromatic heterocycles. The Labute approximate surface area is 98.2 Å². The van der Waals surface area contributed by atoms with Crippen molar-refractivity contribution < 1.29 is 4.74 Å². The number of morpholine rings is 1. The zero-order valence-corrected chi connectivity index (χ0v) is 10.5. The van der Waals surface area contributed by atoms with Crippen LogP contribution in [0.4, 0.5) is 5.69 Å². The van der Waals surface area contributed by atoms with Crippen LogP contribution in [-0.4, -0.2) is 26.3 Å². The summed E-state index contributed by atoms with van der Waals surface area (Å²) in [6.07, 6.45) is 0. The lowest BCUT2D eigenvalue weighted by atomic mass is 9.85. The molecule has 2 nitrogen and oxygen atoms in total. The van der Waals surface area contributed by atoms with E-state index in [9.17, 15) is 0 Å². The van der Waals surface area contributed by atoms with Gasteiger partial charge >= 0.3 is 0 Å². The van der Waals surface area contributed by atoms with Gasteiger partial charge < -0.3 is 9.64 Å². The van der Waals surface area contributed by atoms with E-state index in [1.807, 2.05) is 0 Å². The van der Waals surface area contributed by atoms with Crippen LogP contribution < -0.4 is 4.90 Å². The zero-order valence-electron chi connectivity index (χ0n) is 10.5. The normalized spacial score (nSPS) is 17.6. The second-order valence-electron chi connectivity index (χ2n) is 5.37. The zero-order chi connectivity index (χ0) is 11.6. The van der Waals surface area contributed by atoms with Gasteiger partial charge in [0.25, 0.3) is 0 Å². The first-order valence-corrected chi connectivity index (χ1v) is 6.01. The summed E-state index contributed by atoms with van der Waals surface area (Å²) >= 11 is 0. The summed E-state index contributed by atoms with van der Waals surface area (Å²) in [6, 6.07) is 8.72. The predicted molar refractivity (Wildman–Crippen MR) is 68.2 cm³/mol. The van der Waals surface area contributed by atoms with Crippen molar-refractivity contribution in [3.63, 3.8) is 0 Å². The second-order valence-corrected chi connectivity index (χ2v) is 5.37. The van der Waals surface area contributed by atoms with Gasteiger partial charge in [0.1, 0.15) is 0 Å². The van der Waals surface area contributed by atoms with Crippen LogP contribution in [0.2, 0.25) is 0 Å². The predicted octanol–water partition coefficient (Wildman–Crippen LogP) is 2.82. The van der Waals surface area contributed by atoms with Gasteiger partial charge in [-0.1, -0.05) is 39.0 Å². The third kappa shape index (κ3) is 2.38. The molecule has 0 atom stereocenters. The first-order chi connectivity index (χ1) is 7.59. The number of rotatable bonds is 1. The minimum atomic E-state index is 0.203. The molecule has 0 unspecified atom stereocenters. The van der Waals surface area contributed by atoms with Crippen molar-refractivity contribution >= 4 is 5.69 Å². The number of nitrogens with zero attached hydrogens (tertiary/aromatic N) is 1. The molecule has 1 aromatic rings. The molecule has 88 valence electrons. The first kappa shape index (κ1) is 11.5. The van der Waals surface area contributed by atoms with E-state index in [2.05, 4.69) is 49.9 Å². The molecule has 0 amide bonds. The molecule has 0 aliphatic carbocycles. The van der Waals surface area contributed by atoms with Crippen LogP contribution in [0, 0.1) is 0 Å². The third-order valence-corrected chi connectivity index (χ3v) is 3.06. The van der Waals surface area contributed by atoms with Gasteiger partial charge in [-0.15, -0.1) is 0 Å². The van der Waals surface area contributed by atoms with E-state index in [1.54, 1.807) is 0 Å². The van der Waals surface area contributed by atoms with Crippen LogP contribution in [0.3, 0.4) is 0 Å². The Morgan fingerprint density at radius 2 is 1.69 bits per heavy atom. The summed E-state index contributed by atoms with van der Waals surface area (Å²) < 4.78 is 5.41. The van der Waals surface area contributed by atoms with Crippen molar-refractivity contribution in [1.82, 2.24) is 0 Å². The number of hydrogen-bond acceptors (Lipinski definition) is 2. The van der Waals surface area contributed by atoms with Crippen molar-refractivity contribution in [2.75, 3.05) is 31.2 Å². The highest BCUT2D eigenvalue weighted by Crippen LogP contribution is 2.32. The minimum Gasteiger partial charge on any atom is -0.378 e. The molecule has 0 N–H and O–H groups in total. The van der Waals surface area contributed by atoms with E-state index >= 15 is 0 Å². The first-order valence-electron chi connectivity index (χ1n) is 6.01. The monoisotopic (exact) mass is 219 g/mol. The third-order valence-electron chi connectivity index (χ3n) is 3.06. The summed E-state index contributed by atoms with van der Waals surface area (Å²) in [5, 5.41) is 0. The minimum absolute atomic E-state index is 0.203. The van der Waals surface area contributed by atoms with Gasteiger partial charge in [-0.25, -0.2) is 0 Å². The lowest BCUT2D eigenvalue weighted by Crippen LogP contribution is -2.37. The standard InChI is InChI=1S/C14H21NO/c1-14(2,3)12-6-4-5-7-13(12)15-8-10-16-11-9-15/h4-7H,8-11H2,1-3H3. The Kier molecular flexibility index (Phi) is 3.20. The highest BCUT2D eigenvalue weighted by molar-refractivity contribution is 5.56. The Balaban J connectivity index is 2.32. The summed E-state index contributed by atoms with van der Waals surface area (Å²) in [6.45, 7) is 10.5. The van der Waals surface area contributed by atoms with E-state index in [-0.39, 0.29) is 5.41 Å². The van der Waals surface area contributed by atoms with Crippen LogP contribution in [0.1, 0.15) is 26.3 Å². The van der Waals surface area contributed by atoms with Gasteiger partial charge in [-0.05, 0) is 17.0 Å². The molecule has 0 saturated carbocycles. The van der Waals surface area contributed by atoms with Crippen LogP contribution in [0.5, 0.6) is 0 Å². The Bertz CT molecular complexity index is 348. The SMILES string of the molecule is CC(C)(C)c1ccccc1N1CCOCC1. The van der Waals surface area contributed by atoms with E-state index in [0.29, 0.717) is 0 Å². The summed E-state index contributed by atoms with van der Waals surface area (Å²) in [7, 11) is 0. The van der Waals surface area contributed by atoms with Crippen LogP contribution in [-0.2, 0) is 10.2 Å². The highest BCUT2D eigenvalue weighted by atomic mass is 16.5. The maximum Gasteiger partial charge on any atom is 0.0642 e. The fourth-order valence-corrected chi connectivity index (χ4v) is 2.19. The van der Waals surface area contributed by atoms with Crippen molar-refractivity contribution in [3.8, 4) is 0 Å². The fraction of sp³-hybridized carbons (Fsp3) is 0.571. The summed E-state index contributed by atoms with van der Waals surface area (Å²) in [5.41, 5.74) is 3.00. The molecule has 1 saturated heterocycles. The van der Waals surface area contributed by atoms with Crippen molar-refractivity contribution in [2.45, 2.75) is 26.2 Å². The molecule has 1 heterocycles. The Morgan fingerprint density at radius 1 is 1.06 bits per heavy atom. The number of benzene rings is 1. The average molecular weight is 219 g/mol. The van der Waals surface area contributed by atoms with Crippen molar-refractivity contribution in [3.05, 3.63) is 29.8 Å². The molecule has 1 aromatic carbocycles. The van der Waals surface area contributed by atoms with E-state index in [1.165, 1.54) is 11.3 Å².